The molecule has 0 bridgehead atoms. The highest BCUT2D eigenvalue weighted by Crippen LogP contribution is 2.37. The second-order valence-electron chi connectivity index (χ2n) is 10.7. The molecular formula is C30H39Cl2N3O4. The fourth-order valence-corrected chi connectivity index (χ4v) is 5.61. The second-order valence-corrected chi connectivity index (χ2v) is 11.5. The summed E-state index contributed by atoms with van der Waals surface area (Å²) in [7, 11) is 0. The van der Waals surface area contributed by atoms with Crippen LogP contribution in [0.15, 0.2) is 42.5 Å². The number of aryl methyl sites for hydroxylation is 1. The average molecular weight is 577 g/mol. The highest BCUT2D eigenvalue weighted by molar-refractivity contribution is 6.35. The lowest BCUT2D eigenvalue weighted by Gasteiger charge is -2.47. The summed E-state index contributed by atoms with van der Waals surface area (Å²) in [5.74, 6) is -1.21. The van der Waals surface area contributed by atoms with Crippen LogP contribution in [0.1, 0.15) is 69.4 Å². The predicted octanol–water partition coefficient (Wildman–Crippen LogP) is 7.07. The maximum Gasteiger partial charge on any atom is 0.324 e. The summed E-state index contributed by atoms with van der Waals surface area (Å²) in [6.45, 7) is 5.09. The van der Waals surface area contributed by atoms with Gasteiger partial charge in [-0.2, -0.15) is 0 Å². The summed E-state index contributed by atoms with van der Waals surface area (Å²) in [6.07, 6.45) is 6.42. The molecule has 2 N–H and O–H groups in total. The second kappa shape index (κ2) is 14.6. The molecule has 2 aromatic carbocycles. The number of carbonyl (C=O) groups excluding carboxylic acids is 2. The van der Waals surface area contributed by atoms with Crippen molar-refractivity contribution in [1.29, 1.82) is 0 Å². The van der Waals surface area contributed by atoms with Crippen LogP contribution in [-0.2, 0) is 16.1 Å². The number of nitrogens with zero attached hydrogens (tertiary/aromatic N) is 2. The molecule has 39 heavy (non-hydrogen) atoms. The fraction of sp³-hybridized carbons (Fsp3) is 0.500. The summed E-state index contributed by atoms with van der Waals surface area (Å²) >= 11 is 12.5. The Balaban J connectivity index is 1.83. The SMILES string of the molecule is CCCCCCCCNC(=O)CC1(CC(=O)O)CN(Cc2ccc(Cl)cc2Cl)C(=O)N(c2ccc(C)cc2)C1. The first-order valence-corrected chi connectivity index (χ1v) is 14.4. The molecule has 1 fully saturated rings. The molecule has 9 heteroatoms. The number of anilines is 1. The smallest absolute Gasteiger partial charge is 0.324 e. The Bertz CT molecular complexity index is 1140. The third-order valence-corrected chi connectivity index (χ3v) is 7.74. The molecule has 3 amide bonds. The number of hydrogen-bond donors (Lipinski definition) is 2. The molecular weight excluding hydrogens is 537 g/mol. The third-order valence-electron chi connectivity index (χ3n) is 7.16. The van der Waals surface area contributed by atoms with Crippen molar-refractivity contribution in [2.24, 2.45) is 5.41 Å². The van der Waals surface area contributed by atoms with Gasteiger partial charge in [0.2, 0.25) is 5.91 Å². The van der Waals surface area contributed by atoms with Crippen molar-refractivity contribution in [3.8, 4) is 0 Å². The fourth-order valence-electron chi connectivity index (χ4n) is 5.14. The monoisotopic (exact) mass is 575 g/mol. The van der Waals surface area contributed by atoms with Gasteiger partial charge in [0, 0.05) is 53.7 Å². The van der Waals surface area contributed by atoms with Crippen LogP contribution < -0.4 is 10.2 Å². The van der Waals surface area contributed by atoms with Crippen molar-refractivity contribution in [1.82, 2.24) is 10.2 Å². The topological polar surface area (TPSA) is 90.0 Å². The van der Waals surface area contributed by atoms with Crippen LogP contribution in [0.2, 0.25) is 10.0 Å². The van der Waals surface area contributed by atoms with E-state index in [1.807, 2.05) is 31.2 Å². The standard InChI is InChI=1S/C30H39Cl2N3O4/c1-3-4-5-6-7-8-15-33-27(36)17-30(18-28(37)38)20-34(19-23-11-12-24(31)16-26(23)32)29(39)35(21-30)25-13-9-22(2)10-14-25/h9-14,16H,3-8,15,17-21H2,1-2H3,(H,33,36)(H,37,38). The highest BCUT2D eigenvalue weighted by atomic mass is 35.5. The number of carbonyl (C=O) groups is 3. The Morgan fingerprint density at radius 2 is 1.67 bits per heavy atom. The molecule has 1 aliphatic rings. The van der Waals surface area contributed by atoms with Gasteiger partial charge in [0.1, 0.15) is 0 Å². The van der Waals surface area contributed by atoms with E-state index in [2.05, 4.69) is 12.2 Å². The maximum atomic E-state index is 13.7. The summed E-state index contributed by atoms with van der Waals surface area (Å²) < 4.78 is 0. The van der Waals surface area contributed by atoms with Gasteiger partial charge in [-0.05, 0) is 43.2 Å². The lowest BCUT2D eigenvalue weighted by molar-refractivity contribution is -0.140. The number of carboxylic acid groups (broad SMARTS) is 1. The van der Waals surface area contributed by atoms with Gasteiger partial charge in [-0.15, -0.1) is 0 Å². The van der Waals surface area contributed by atoms with E-state index < -0.39 is 11.4 Å². The highest BCUT2D eigenvalue weighted by Gasteiger charge is 2.46. The maximum absolute atomic E-state index is 13.7. The molecule has 2 aromatic rings. The van der Waals surface area contributed by atoms with E-state index in [-0.39, 0.29) is 44.4 Å². The van der Waals surface area contributed by atoms with Crippen LogP contribution in [0.25, 0.3) is 0 Å². The molecule has 0 spiro atoms. The zero-order valence-corrected chi connectivity index (χ0v) is 24.4. The molecule has 0 radical (unpaired) electrons. The lowest BCUT2D eigenvalue weighted by Crippen LogP contribution is -2.60. The van der Waals surface area contributed by atoms with Gasteiger partial charge >= 0.3 is 12.0 Å². The van der Waals surface area contributed by atoms with Crippen molar-refractivity contribution < 1.29 is 19.5 Å². The largest absolute Gasteiger partial charge is 0.481 e. The number of unbranched alkanes of at least 4 members (excludes halogenated alkanes) is 5. The van der Waals surface area contributed by atoms with E-state index in [0.717, 1.165) is 24.8 Å². The zero-order valence-electron chi connectivity index (χ0n) is 22.8. The number of urea groups is 1. The minimum absolute atomic E-state index is 0.00434. The zero-order chi connectivity index (χ0) is 28.4. The quantitative estimate of drug-likeness (QED) is 0.236. The van der Waals surface area contributed by atoms with Crippen LogP contribution in [0, 0.1) is 12.3 Å². The molecule has 1 saturated heterocycles. The van der Waals surface area contributed by atoms with Gasteiger partial charge < -0.3 is 15.3 Å². The van der Waals surface area contributed by atoms with Gasteiger partial charge in [0.05, 0.1) is 6.42 Å². The van der Waals surface area contributed by atoms with E-state index in [0.29, 0.717) is 27.8 Å². The van der Waals surface area contributed by atoms with Crippen LogP contribution in [0.3, 0.4) is 0 Å². The Labute approximate surface area is 241 Å². The molecule has 0 aromatic heterocycles. The Morgan fingerprint density at radius 1 is 0.974 bits per heavy atom. The van der Waals surface area contributed by atoms with Gasteiger partial charge in [0.25, 0.3) is 0 Å². The number of hydrogen-bond acceptors (Lipinski definition) is 3. The van der Waals surface area contributed by atoms with Gasteiger partial charge in [-0.1, -0.05) is 86.0 Å². The van der Waals surface area contributed by atoms with Crippen molar-refractivity contribution in [2.45, 2.75) is 71.8 Å². The van der Waals surface area contributed by atoms with Crippen LogP contribution in [0.5, 0.6) is 0 Å². The lowest BCUT2D eigenvalue weighted by atomic mass is 9.78. The van der Waals surface area contributed by atoms with Crippen molar-refractivity contribution in [3.05, 3.63) is 63.6 Å². The van der Waals surface area contributed by atoms with E-state index in [4.69, 9.17) is 23.2 Å². The van der Waals surface area contributed by atoms with Gasteiger partial charge in [-0.25, -0.2) is 4.79 Å². The molecule has 0 saturated carbocycles. The first-order valence-electron chi connectivity index (χ1n) is 13.7. The average Bonchev–Trinajstić information content (AvgIpc) is 2.87. The van der Waals surface area contributed by atoms with Crippen LogP contribution in [0.4, 0.5) is 10.5 Å². The van der Waals surface area contributed by atoms with Gasteiger partial charge in [-0.3, -0.25) is 14.5 Å². The van der Waals surface area contributed by atoms with Crippen LogP contribution in [-0.4, -0.2) is 47.5 Å². The number of benzene rings is 2. The Morgan fingerprint density at radius 3 is 2.33 bits per heavy atom. The van der Waals surface area contributed by atoms with Crippen molar-refractivity contribution in [2.75, 3.05) is 24.5 Å². The Hall–Kier alpha value is -2.77. The Kier molecular flexibility index (Phi) is 11.5. The van der Waals surface area contributed by atoms with E-state index in [1.165, 1.54) is 19.3 Å². The van der Waals surface area contributed by atoms with Crippen molar-refractivity contribution >= 4 is 46.8 Å². The minimum Gasteiger partial charge on any atom is -0.481 e. The minimum atomic E-state index is -1.01. The predicted molar refractivity (Wildman–Crippen MR) is 156 cm³/mol. The summed E-state index contributed by atoms with van der Waals surface area (Å²) in [6, 6.07) is 12.3. The van der Waals surface area contributed by atoms with E-state index in [1.54, 1.807) is 28.0 Å². The van der Waals surface area contributed by atoms with Gasteiger partial charge in [0.15, 0.2) is 0 Å². The molecule has 7 nitrogen and oxygen atoms in total. The number of rotatable bonds is 14. The number of carboxylic acids is 1. The molecule has 3 rings (SSSR count). The summed E-state index contributed by atoms with van der Waals surface area (Å²) in [4.78, 5) is 42.0. The molecule has 1 atom stereocenters. The summed E-state index contributed by atoms with van der Waals surface area (Å²) in [5.41, 5.74) is 1.39. The molecule has 212 valence electrons. The van der Waals surface area contributed by atoms with E-state index in [9.17, 15) is 19.5 Å². The molecule has 0 aliphatic carbocycles. The first kappa shape index (κ1) is 30.8. The van der Waals surface area contributed by atoms with Crippen molar-refractivity contribution in [3.63, 3.8) is 0 Å². The number of nitrogens with one attached hydrogen (secondary N) is 1. The molecule has 1 aliphatic heterocycles. The van der Waals surface area contributed by atoms with Crippen LogP contribution >= 0.6 is 23.2 Å². The first-order chi connectivity index (χ1) is 18.6. The molecule has 1 heterocycles. The number of halogens is 2. The number of aliphatic carboxylic acids is 1. The normalized spacial score (nSPS) is 17.4. The molecule has 1 unspecified atom stereocenters. The summed E-state index contributed by atoms with van der Waals surface area (Å²) in [5, 5.41) is 13.8. The third kappa shape index (κ3) is 9.14. The number of amides is 3. The van der Waals surface area contributed by atoms with E-state index >= 15 is 0 Å².